The van der Waals surface area contributed by atoms with Gasteiger partial charge in [0.05, 0.1) is 18.6 Å². The normalized spacial score (nSPS) is 29.4. The average molecular weight is 255 g/mol. The molecule has 0 radical (unpaired) electrons. The van der Waals surface area contributed by atoms with Crippen LogP contribution in [0.1, 0.15) is 39.0 Å². The van der Waals surface area contributed by atoms with Gasteiger partial charge in [0.15, 0.2) is 0 Å². The lowest BCUT2D eigenvalue weighted by atomic mass is 9.98. The molecule has 0 aliphatic carbocycles. The quantitative estimate of drug-likeness (QED) is 0.703. The van der Waals surface area contributed by atoms with E-state index in [2.05, 4.69) is 4.90 Å². The molecule has 0 amide bonds. The molecule has 4 heteroatoms. The van der Waals surface area contributed by atoms with Gasteiger partial charge in [-0.2, -0.15) is 0 Å². The van der Waals surface area contributed by atoms with Crippen molar-refractivity contribution in [3.8, 4) is 0 Å². The first-order valence-corrected chi connectivity index (χ1v) is 7.30. The first kappa shape index (κ1) is 13.8. The van der Waals surface area contributed by atoms with Gasteiger partial charge in [-0.3, -0.25) is 4.79 Å². The fourth-order valence-corrected chi connectivity index (χ4v) is 2.91. The van der Waals surface area contributed by atoms with Gasteiger partial charge >= 0.3 is 5.97 Å². The smallest absolute Gasteiger partial charge is 0.310 e. The summed E-state index contributed by atoms with van der Waals surface area (Å²) in [4.78, 5) is 14.1. The summed E-state index contributed by atoms with van der Waals surface area (Å²) in [5, 5.41) is 0. The summed E-state index contributed by atoms with van der Waals surface area (Å²) >= 11 is 0. The molecule has 4 nitrogen and oxygen atoms in total. The minimum absolute atomic E-state index is 0.0145. The lowest BCUT2D eigenvalue weighted by Gasteiger charge is -2.31. The zero-order valence-corrected chi connectivity index (χ0v) is 11.4. The van der Waals surface area contributed by atoms with Crippen LogP contribution in [0.2, 0.25) is 0 Å². The number of esters is 1. The van der Waals surface area contributed by atoms with E-state index in [9.17, 15) is 4.79 Å². The Morgan fingerprint density at radius 3 is 3.00 bits per heavy atom. The van der Waals surface area contributed by atoms with Crippen molar-refractivity contribution < 1.29 is 14.3 Å². The van der Waals surface area contributed by atoms with Gasteiger partial charge in [0.25, 0.3) is 0 Å². The number of piperidine rings is 1. The second kappa shape index (κ2) is 7.10. The molecule has 0 aromatic carbocycles. The summed E-state index contributed by atoms with van der Waals surface area (Å²) in [6, 6.07) is 0. The van der Waals surface area contributed by atoms with Crippen LogP contribution in [0.3, 0.4) is 0 Å². The second-order valence-corrected chi connectivity index (χ2v) is 5.32. The third kappa shape index (κ3) is 3.95. The van der Waals surface area contributed by atoms with Crippen molar-refractivity contribution in [2.45, 2.75) is 45.1 Å². The van der Waals surface area contributed by atoms with E-state index in [4.69, 9.17) is 9.47 Å². The maximum absolute atomic E-state index is 11.7. The molecule has 18 heavy (non-hydrogen) atoms. The topological polar surface area (TPSA) is 38.8 Å². The highest BCUT2D eigenvalue weighted by Crippen LogP contribution is 2.20. The molecule has 104 valence electrons. The van der Waals surface area contributed by atoms with E-state index in [0.717, 1.165) is 45.5 Å². The van der Waals surface area contributed by atoms with Gasteiger partial charge in [-0.1, -0.05) is 0 Å². The van der Waals surface area contributed by atoms with Gasteiger partial charge in [-0.05, 0) is 45.6 Å². The van der Waals surface area contributed by atoms with Gasteiger partial charge in [0, 0.05) is 19.7 Å². The molecule has 2 rings (SSSR count). The largest absolute Gasteiger partial charge is 0.466 e. The summed E-state index contributed by atoms with van der Waals surface area (Å²) in [6.07, 6.45) is 6.05. The molecular weight excluding hydrogens is 230 g/mol. The predicted octanol–water partition coefficient (Wildman–Crippen LogP) is 1.83. The van der Waals surface area contributed by atoms with Crippen LogP contribution < -0.4 is 0 Å². The standard InChI is InChI=1S/C14H25NO3/c1-2-17-14(16)12-5-3-8-15(11-12)9-7-13-6-4-10-18-13/h12-13H,2-11H2,1H3/t12-,13?/m1/s1. The Hall–Kier alpha value is -0.610. The Morgan fingerprint density at radius 1 is 1.39 bits per heavy atom. The molecule has 0 saturated carbocycles. The Balaban J connectivity index is 1.70. The van der Waals surface area contributed by atoms with Gasteiger partial charge in [-0.25, -0.2) is 0 Å². The van der Waals surface area contributed by atoms with Crippen molar-refractivity contribution in [2.75, 3.05) is 32.8 Å². The van der Waals surface area contributed by atoms with E-state index in [1.807, 2.05) is 6.92 Å². The van der Waals surface area contributed by atoms with Crippen LogP contribution in [-0.4, -0.2) is 49.8 Å². The van der Waals surface area contributed by atoms with Crippen molar-refractivity contribution in [1.82, 2.24) is 4.90 Å². The number of likely N-dealkylation sites (tertiary alicyclic amines) is 1. The number of nitrogens with zero attached hydrogens (tertiary/aromatic N) is 1. The zero-order chi connectivity index (χ0) is 12.8. The number of carbonyl (C=O) groups is 1. The number of carbonyl (C=O) groups excluding carboxylic acids is 1. The van der Waals surface area contributed by atoms with Crippen LogP contribution in [0.4, 0.5) is 0 Å². The first-order chi connectivity index (χ1) is 8.79. The maximum Gasteiger partial charge on any atom is 0.310 e. The van der Waals surface area contributed by atoms with Crippen LogP contribution in [-0.2, 0) is 14.3 Å². The van der Waals surface area contributed by atoms with Crippen molar-refractivity contribution in [2.24, 2.45) is 5.92 Å². The van der Waals surface area contributed by atoms with E-state index in [1.165, 1.54) is 12.8 Å². The van der Waals surface area contributed by atoms with Gasteiger partial charge in [0.1, 0.15) is 0 Å². The molecule has 0 bridgehead atoms. The summed E-state index contributed by atoms with van der Waals surface area (Å²) in [5.74, 6) is 0.0718. The zero-order valence-electron chi connectivity index (χ0n) is 11.4. The molecule has 2 heterocycles. The van der Waals surface area contributed by atoms with Crippen LogP contribution in [0.5, 0.6) is 0 Å². The fourth-order valence-electron chi connectivity index (χ4n) is 2.91. The van der Waals surface area contributed by atoms with E-state index in [1.54, 1.807) is 0 Å². The van der Waals surface area contributed by atoms with Crippen LogP contribution in [0, 0.1) is 5.92 Å². The van der Waals surface area contributed by atoms with E-state index < -0.39 is 0 Å². The number of hydrogen-bond acceptors (Lipinski definition) is 4. The molecule has 0 aromatic rings. The first-order valence-electron chi connectivity index (χ1n) is 7.30. The highest BCUT2D eigenvalue weighted by atomic mass is 16.5. The van der Waals surface area contributed by atoms with Gasteiger partial charge < -0.3 is 14.4 Å². The van der Waals surface area contributed by atoms with Crippen molar-refractivity contribution in [1.29, 1.82) is 0 Å². The number of ether oxygens (including phenoxy) is 2. The van der Waals surface area contributed by atoms with Crippen molar-refractivity contribution >= 4 is 5.97 Å². The molecule has 2 saturated heterocycles. The average Bonchev–Trinajstić information content (AvgIpc) is 2.90. The molecule has 2 fully saturated rings. The number of rotatable bonds is 5. The van der Waals surface area contributed by atoms with Gasteiger partial charge in [0.2, 0.25) is 0 Å². The molecule has 2 aliphatic rings. The highest BCUT2D eigenvalue weighted by molar-refractivity contribution is 5.72. The Kier molecular flexibility index (Phi) is 5.45. The molecule has 2 aliphatic heterocycles. The molecule has 0 aromatic heterocycles. The molecular formula is C14H25NO3. The molecule has 1 unspecified atom stereocenters. The Bertz CT molecular complexity index is 264. The Labute approximate surface area is 110 Å². The minimum atomic E-state index is -0.0145. The fraction of sp³-hybridized carbons (Fsp3) is 0.929. The molecule has 0 spiro atoms. The van der Waals surface area contributed by atoms with Crippen molar-refractivity contribution in [3.05, 3.63) is 0 Å². The summed E-state index contributed by atoms with van der Waals surface area (Å²) < 4.78 is 10.8. The monoisotopic (exact) mass is 255 g/mol. The van der Waals surface area contributed by atoms with E-state index in [-0.39, 0.29) is 11.9 Å². The van der Waals surface area contributed by atoms with Crippen LogP contribution in [0.25, 0.3) is 0 Å². The summed E-state index contributed by atoms with van der Waals surface area (Å²) in [7, 11) is 0. The Morgan fingerprint density at radius 2 is 2.28 bits per heavy atom. The van der Waals surface area contributed by atoms with Gasteiger partial charge in [-0.15, -0.1) is 0 Å². The third-order valence-electron chi connectivity index (χ3n) is 3.92. The van der Waals surface area contributed by atoms with E-state index in [0.29, 0.717) is 12.7 Å². The highest BCUT2D eigenvalue weighted by Gasteiger charge is 2.27. The third-order valence-corrected chi connectivity index (χ3v) is 3.92. The summed E-state index contributed by atoms with van der Waals surface area (Å²) in [5.41, 5.74) is 0. The lowest BCUT2D eigenvalue weighted by Crippen LogP contribution is -2.40. The van der Waals surface area contributed by atoms with Crippen molar-refractivity contribution in [3.63, 3.8) is 0 Å². The predicted molar refractivity (Wildman–Crippen MR) is 69.4 cm³/mol. The molecule has 0 N–H and O–H groups in total. The minimum Gasteiger partial charge on any atom is -0.466 e. The maximum atomic E-state index is 11.7. The SMILES string of the molecule is CCOC(=O)[C@@H]1CCCN(CCC2CCCO2)C1. The summed E-state index contributed by atoms with van der Waals surface area (Å²) in [6.45, 7) is 6.33. The van der Waals surface area contributed by atoms with Crippen LogP contribution in [0.15, 0.2) is 0 Å². The van der Waals surface area contributed by atoms with Crippen LogP contribution >= 0.6 is 0 Å². The second-order valence-electron chi connectivity index (χ2n) is 5.32. The molecule has 2 atom stereocenters. The lowest BCUT2D eigenvalue weighted by molar-refractivity contribution is -0.149. The van der Waals surface area contributed by atoms with E-state index >= 15 is 0 Å². The number of hydrogen-bond donors (Lipinski definition) is 0.